The van der Waals surface area contributed by atoms with Crippen molar-refractivity contribution in [2.75, 3.05) is 20.3 Å². The summed E-state index contributed by atoms with van der Waals surface area (Å²) in [5.41, 5.74) is 2.86. The van der Waals surface area contributed by atoms with Crippen LogP contribution in [0.15, 0.2) is 79.9 Å². The van der Waals surface area contributed by atoms with E-state index >= 15 is 0 Å². The molecule has 0 aromatic heterocycles. The fourth-order valence-corrected chi connectivity index (χ4v) is 4.99. The number of carbonyl (C=O) groups excluding carboxylic acids is 3. The lowest BCUT2D eigenvalue weighted by molar-refractivity contribution is -0.153. The molecule has 2 amide bonds. The van der Waals surface area contributed by atoms with Crippen LogP contribution in [0, 0.1) is 5.92 Å². The highest BCUT2D eigenvalue weighted by molar-refractivity contribution is 5.86. The number of hydrogen-bond acceptors (Lipinski definition) is 6. The van der Waals surface area contributed by atoms with E-state index in [9.17, 15) is 19.5 Å². The number of esters is 1. The second-order valence-corrected chi connectivity index (χ2v) is 9.98. The van der Waals surface area contributed by atoms with E-state index in [0.29, 0.717) is 24.9 Å². The molecular weight excluding hydrogens is 508 g/mol. The molecule has 0 radical (unpaired) electrons. The van der Waals surface area contributed by atoms with E-state index in [1.54, 1.807) is 17.1 Å². The van der Waals surface area contributed by atoms with Crippen molar-refractivity contribution in [3.05, 3.63) is 96.6 Å². The van der Waals surface area contributed by atoms with E-state index in [4.69, 9.17) is 9.47 Å². The molecule has 3 rings (SSSR count). The lowest BCUT2D eigenvalue weighted by atomic mass is 9.92. The topological polar surface area (TPSA) is 105 Å². The Morgan fingerprint density at radius 3 is 2.42 bits per heavy atom. The number of aliphatic hydroxyl groups is 1. The summed E-state index contributed by atoms with van der Waals surface area (Å²) >= 11 is 0. The van der Waals surface area contributed by atoms with E-state index in [0.717, 1.165) is 11.1 Å². The van der Waals surface area contributed by atoms with E-state index in [1.807, 2.05) is 54.6 Å². The highest BCUT2D eigenvalue weighted by Gasteiger charge is 2.34. The Balaban J connectivity index is 1.78. The molecular formula is C32H40N2O6. The molecule has 4 unspecified atom stereocenters. The molecule has 0 spiro atoms. The van der Waals surface area contributed by atoms with Gasteiger partial charge in [0.1, 0.15) is 6.10 Å². The zero-order valence-corrected chi connectivity index (χ0v) is 23.2. The number of carbonyl (C=O) groups is 3. The molecule has 214 valence electrons. The summed E-state index contributed by atoms with van der Waals surface area (Å²) in [6.07, 6.45) is 3.89. The molecule has 2 aromatic rings. The molecule has 0 saturated carbocycles. The molecule has 2 aromatic carbocycles. The van der Waals surface area contributed by atoms with Gasteiger partial charge in [0, 0.05) is 26.5 Å². The van der Waals surface area contributed by atoms with E-state index < -0.39 is 24.0 Å². The Kier molecular flexibility index (Phi) is 12.1. The number of methoxy groups -OCH3 is 1. The summed E-state index contributed by atoms with van der Waals surface area (Å²) in [6.45, 7) is 7.74. The molecule has 4 atom stereocenters. The van der Waals surface area contributed by atoms with Gasteiger partial charge >= 0.3 is 5.97 Å². The Labute approximate surface area is 236 Å². The molecule has 1 aliphatic rings. The average molecular weight is 549 g/mol. The summed E-state index contributed by atoms with van der Waals surface area (Å²) in [5, 5.41) is 13.0. The SMILES string of the molecule is C=CCCC(=O)OC(c1ccccc1)C(COC)NC(=O)C(CC=C)CC(=O)N1Cc2ccccc2CC1CO. The maximum atomic E-state index is 13.6. The van der Waals surface area contributed by atoms with Crippen LogP contribution in [0.5, 0.6) is 0 Å². The lowest BCUT2D eigenvalue weighted by Crippen LogP contribution is -2.49. The molecule has 0 fully saturated rings. The van der Waals surface area contributed by atoms with Crippen molar-refractivity contribution in [3.8, 4) is 0 Å². The number of benzene rings is 2. The minimum absolute atomic E-state index is 0.0502. The van der Waals surface area contributed by atoms with Crippen molar-refractivity contribution >= 4 is 17.8 Å². The van der Waals surface area contributed by atoms with Gasteiger partial charge in [-0.25, -0.2) is 0 Å². The Morgan fingerprint density at radius 2 is 1.77 bits per heavy atom. The minimum atomic E-state index is -0.792. The number of ether oxygens (including phenoxy) is 2. The van der Waals surface area contributed by atoms with Gasteiger partial charge in [-0.05, 0) is 36.0 Å². The third-order valence-corrected chi connectivity index (χ3v) is 7.11. The highest BCUT2D eigenvalue weighted by Crippen LogP contribution is 2.27. The number of amides is 2. The summed E-state index contributed by atoms with van der Waals surface area (Å²) in [4.78, 5) is 41.3. The van der Waals surface area contributed by atoms with Crippen LogP contribution in [-0.4, -0.2) is 60.2 Å². The zero-order chi connectivity index (χ0) is 28.9. The molecule has 2 N–H and O–H groups in total. The van der Waals surface area contributed by atoms with Crippen molar-refractivity contribution in [3.63, 3.8) is 0 Å². The number of aliphatic hydroxyl groups excluding tert-OH is 1. The first-order valence-corrected chi connectivity index (χ1v) is 13.6. The molecule has 0 aliphatic carbocycles. The predicted molar refractivity (Wildman–Crippen MR) is 153 cm³/mol. The van der Waals surface area contributed by atoms with Crippen LogP contribution in [0.4, 0.5) is 0 Å². The second-order valence-electron chi connectivity index (χ2n) is 9.98. The van der Waals surface area contributed by atoms with Crippen LogP contribution >= 0.6 is 0 Å². The largest absolute Gasteiger partial charge is 0.455 e. The van der Waals surface area contributed by atoms with Crippen molar-refractivity contribution in [1.29, 1.82) is 0 Å². The molecule has 0 bridgehead atoms. The third kappa shape index (κ3) is 8.37. The van der Waals surface area contributed by atoms with Crippen LogP contribution in [-0.2, 0) is 36.8 Å². The monoisotopic (exact) mass is 548 g/mol. The maximum Gasteiger partial charge on any atom is 0.306 e. The second kappa shape index (κ2) is 15.7. The van der Waals surface area contributed by atoms with Gasteiger partial charge in [0.05, 0.1) is 31.2 Å². The molecule has 40 heavy (non-hydrogen) atoms. The molecule has 8 nitrogen and oxygen atoms in total. The first kappa shape index (κ1) is 30.8. The predicted octanol–water partition coefficient (Wildman–Crippen LogP) is 3.90. The third-order valence-electron chi connectivity index (χ3n) is 7.11. The Morgan fingerprint density at radius 1 is 1.07 bits per heavy atom. The van der Waals surface area contributed by atoms with Gasteiger partial charge in [-0.2, -0.15) is 0 Å². The summed E-state index contributed by atoms with van der Waals surface area (Å²) in [5.74, 6) is -1.69. The molecule has 1 aliphatic heterocycles. The number of fused-ring (bicyclic) bond motifs is 1. The van der Waals surface area contributed by atoms with Gasteiger partial charge < -0.3 is 24.8 Å². The van der Waals surface area contributed by atoms with Gasteiger partial charge in [0.2, 0.25) is 11.8 Å². The fourth-order valence-electron chi connectivity index (χ4n) is 4.99. The van der Waals surface area contributed by atoms with E-state index in [2.05, 4.69) is 18.5 Å². The lowest BCUT2D eigenvalue weighted by Gasteiger charge is -2.37. The number of nitrogens with one attached hydrogen (secondary N) is 1. The summed E-state index contributed by atoms with van der Waals surface area (Å²) in [7, 11) is 1.51. The van der Waals surface area contributed by atoms with Crippen LogP contribution in [0.1, 0.15) is 48.5 Å². The zero-order valence-electron chi connectivity index (χ0n) is 23.2. The van der Waals surface area contributed by atoms with Crippen molar-refractivity contribution in [1.82, 2.24) is 10.2 Å². The van der Waals surface area contributed by atoms with Crippen LogP contribution in [0.25, 0.3) is 0 Å². The Bertz CT molecular complexity index is 1150. The van der Waals surface area contributed by atoms with Crippen LogP contribution in [0.2, 0.25) is 0 Å². The maximum absolute atomic E-state index is 13.6. The van der Waals surface area contributed by atoms with Crippen LogP contribution < -0.4 is 5.32 Å². The normalized spacial score (nSPS) is 16.6. The molecule has 0 saturated heterocycles. The number of allylic oxidation sites excluding steroid dienone is 2. The van der Waals surface area contributed by atoms with E-state index in [-0.39, 0.29) is 50.3 Å². The number of nitrogens with zero attached hydrogens (tertiary/aromatic N) is 1. The quantitative estimate of drug-likeness (QED) is 0.258. The van der Waals surface area contributed by atoms with Crippen molar-refractivity contribution in [2.24, 2.45) is 5.92 Å². The summed E-state index contributed by atoms with van der Waals surface area (Å²) < 4.78 is 11.2. The van der Waals surface area contributed by atoms with Crippen molar-refractivity contribution in [2.45, 2.75) is 56.8 Å². The van der Waals surface area contributed by atoms with Gasteiger partial charge in [0.25, 0.3) is 0 Å². The molecule has 1 heterocycles. The van der Waals surface area contributed by atoms with Crippen molar-refractivity contribution < 1.29 is 29.0 Å². The van der Waals surface area contributed by atoms with Gasteiger partial charge in [-0.3, -0.25) is 14.4 Å². The first-order chi connectivity index (χ1) is 19.4. The smallest absolute Gasteiger partial charge is 0.306 e. The van der Waals surface area contributed by atoms with E-state index in [1.165, 1.54) is 7.11 Å². The van der Waals surface area contributed by atoms with Crippen LogP contribution in [0.3, 0.4) is 0 Å². The van der Waals surface area contributed by atoms with Gasteiger partial charge in [0.15, 0.2) is 0 Å². The average Bonchev–Trinajstić information content (AvgIpc) is 2.98. The van der Waals surface area contributed by atoms with Gasteiger partial charge in [-0.1, -0.05) is 66.7 Å². The minimum Gasteiger partial charge on any atom is -0.455 e. The highest BCUT2D eigenvalue weighted by atomic mass is 16.5. The number of rotatable bonds is 15. The fraction of sp³-hybridized carbons (Fsp3) is 0.406. The Hall–Kier alpha value is -3.75. The van der Waals surface area contributed by atoms with Gasteiger partial charge in [-0.15, -0.1) is 13.2 Å². The first-order valence-electron chi connectivity index (χ1n) is 13.6. The summed E-state index contributed by atoms with van der Waals surface area (Å²) in [6, 6.07) is 16.0. The number of hydrogen-bond donors (Lipinski definition) is 2. The standard InChI is InChI=1S/C32H40N2O6/c1-4-6-17-30(37)40-31(23-13-8-7-9-14-23)28(22-39-3)33-32(38)25(12-5-2)19-29(36)34-20-26-16-11-10-15-24(26)18-27(34)21-35/h4-5,7-11,13-16,25,27-28,31,35H,1-2,6,12,17-22H2,3H3,(H,33,38). The molecule has 8 heteroatoms.